The van der Waals surface area contributed by atoms with Gasteiger partial charge in [-0.15, -0.1) is 0 Å². The third kappa shape index (κ3) is 2.36. The highest BCUT2D eigenvalue weighted by Crippen LogP contribution is 2.32. The molecule has 2 N–H and O–H groups in total. The fraction of sp³-hybridized carbons (Fsp3) is 0.353. The van der Waals surface area contributed by atoms with E-state index in [0.717, 1.165) is 30.3 Å². The van der Waals surface area contributed by atoms with Crippen LogP contribution in [0.5, 0.6) is 0 Å². The molecule has 1 aliphatic rings. The molecular formula is C17H19NO2. The fourth-order valence-corrected chi connectivity index (χ4v) is 3.09. The van der Waals surface area contributed by atoms with Gasteiger partial charge in [-0.3, -0.25) is 0 Å². The highest BCUT2D eigenvalue weighted by Gasteiger charge is 2.39. The van der Waals surface area contributed by atoms with Crippen LogP contribution in [0.25, 0.3) is 10.8 Å². The van der Waals surface area contributed by atoms with E-state index in [1.54, 1.807) is 0 Å². The van der Waals surface area contributed by atoms with Crippen LogP contribution < -0.4 is 5.32 Å². The van der Waals surface area contributed by atoms with Gasteiger partial charge in [0.2, 0.25) is 0 Å². The smallest absolute Gasteiger partial charge is 0.329 e. The lowest BCUT2D eigenvalue weighted by atomic mass is 9.81. The Labute approximate surface area is 118 Å². The number of benzene rings is 2. The van der Waals surface area contributed by atoms with Crippen LogP contribution >= 0.6 is 0 Å². The average molecular weight is 269 g/mol. The van der Waals surface area contributed by atoms with Crippen LogP contribution in [0.3, 0.4) is 0 Å². The van der Waals surface area contributed by atoms with Crippen LogP contribution in [0.15, 0.2) is 42.5 Å². The van der Waals surface area contributed by atoms with E-state index in [1.165, 1.54) is 5.39 Å². The minimum absolute atomic E-state index is 0.704. The monoisotopic (exact) mass is 269 g/mol. The highest BCUT2D eigenvalue weighted by molar-refractivity contribution is 5.88. The molecule has 0 bridgehead atoms. The summed E-state index contributed by atoms with van der Waals surface area (Å²) in [6, 6.07) is 14.2. The summed E-state index contributed by atoms with van der Waals surface area (Å²) in [6.45, 7) is 0. The molecule has 0 spiro atoms. The molecule has 0 aliphatic heterocycles. The first-order chi connectivity index (χ1) is 9.70. The van der Waals surface area contributed by atoms with Crippen LogP contribution in [0.4, 0.5) is 5.69 Å². The summed E-state index contributed by atoms with van der Waals surface area (Å²) in [5, 5.41) is 15.2. The molecule has 0 radical (unpaired) electrons. The van der Waals surface area contributed by atoms with Gasteiger partial charge in [0.15, 0.2) is 0 Å². The predicted molar refractivity (Wildman–Crippen MR) is 81.0 cm³/mol. The topological polar surface area (TPSA) is 49.3 Å². The SMILES string of the molecule is O=C(O)C1(Nc2ccc3ccccc3c2)CCCCC1. The number of carbonyl (C=O) groups is 1. The number of fused-ring (bicyclic) bond motifs is 1. The Hall–Kier alpha value is -2.03. The quantitative estimate of drug-likeness (QED) is 0.884. The molecule has 104 valence electrons. The second-order valence-corrected chi connectivity index (χ2v) is 5.63. The number of rotatable bonds is 3. The molecule has 1 fully saturated rings. The first-order valence-electron chi connectivity index (χ1n) is 7.20. The van der Waals surface area contributed by atoms with Crippen LogP contribution in [0.2, 0.25) is 0 Å². The molecule has 3 heteroatoms. The van der Waals surface area contributed by atoms with E-state index in [2.05, 4.69) is 17.4 Å². The van der Waals surface area contributed by atoms with Gasteiger partial charge in [0.1, 0.15) is 5.54 Å². The van der Waals surface area contributed by atoms with Crippen molar-refractivity contribution in [2.24, 2.45) is 0 Å². The Morgan fingerprint density at radius 2 is 1.70 bits per heavy atom. The molecule has 0 saturated heterocycles. The van der Waals surface area contributed by atoms with Crippen LogP contribution in [0.1, 0.15) is 32.1 Å². The zero-order chi connectivity index (χ0) is 14.0. The molecule has 20 heavy (non-hydrogen) atoms. The van der Waals surface area contributed by atoms with Crippen molar-refractivity contribution >= 4 is 22.4 Å². The van der Waals surface area contributed by atoms with Gasteiger partial charge in [0.05, 0.1) is 0 Å². The van der Waals surface area contributed by atoms with Gasteiger partial charge in [-0.1, -0.05) is 49.6 Å². The second kappa shape index (κ2) is 5.16. The van der Waals surface area contributed by atoms with Gasteiger partial charge in [-0.25, -0.2) is 4.79 Å². The summed E-state index contributed by atoms with van der Waals surface area (Å²) in [5.41, 5.74) is 0.105. The summed E-state index contributed by atoms with van der Waals surface area (Å²) in [4.78, 5) is 11.7. The lowest BCUT2D eigenvalue weighted by Gasteiger charge is -2.35. The van der Waals surface area contributed by atoms with Crippen LogP contribution in [-0.2, 0) is 4.79 Å². The average Bonchev–Trinajstić information content (AvgIpc) is 2.48. The van der Waals surface area contributed by atoms with Gasteiger partial charge in [-0.2, -0.15) is 0 Å². The number of hydrogen-bond donors (Lipinski definition) is 2. The molecule has 0 atom stereocenters. The van der Waals surface area contributed by atoms with Crippen molar-refractivity contribution in [2.45, 2.75) is 37.6 Å². The van der Waals surface area contributed by atoms with Crippen molar-refractivity contribution in [3.05, 3.63) is 42.5 Å². The maximum absolute atomic E-state index is 11.7. The third-order valence-corrected chi connectivity index (χ3v) is 4.25. The first kappa shape index (κ1) is 13.0. The lowest BCUT2D eigenvalue weighted by Crippen LogP contribution is -2.47. The summed E-state index contributed by atoms with van der Waals surface area (Å²) < 4.78 is 0. The van der Waals surface area contributed by atoms with Crippen molar-refractivity contribution in [3.63, 3.8) is 0 Å². The van der Waals surface area contributed by atoms with Crippen molar-refractivity contribution in [1.29, 1.82) is 0 Å². The van der Waals surface area contributed by atoms with Gasteiger partial charge < -0.3 is 10.4 Å². The normalized spacial score (nSPS) is 17.8. The van der Waals surface area contributed by atoms with Crippen LogP contribution in [0, 0.1) is 0 Å². The van der Waals surface area contributed by atoms with E-state index in [0.29, 0.717) is 12.8 Å². The molecule has 1 saturated carbocycles. The van der Waals surface area contributed by atoms with Gasteiger partial charge >= 0.3 is 5.97 Å². The van der Waals surface area contributed by atoms with E-state index >= 15 is 0 Å². The van der Waals surface area contributed by atoms with Crippen molar-refractivity contribution in [1.82, 2.24) is 0 Å². The molecule has 0 aromatic heterocycles. The van der Waals surface area contributed by atoms with E-state index < -0.39 is 11.5 Å². The number of anilines is 1. The maximum atomic E-state index is 11.7. The predicted octanol–water partition coefficient (Wildman–Crippen LogP) is 4.04. The first-order valence-corrected chi connectivity index (χ1v) is 7.20. The molecule has 3 nitrogen and oxygen atoms in total. The standard InChI is InChI=1S/C17H19NO2/c19-16(20)17(10-4-1-5-11-17)18-15-9-8-13-6-2-3-7-14(13)12-15/h2-3,6-9,12,18H,1,4-5,10-11H2,(H,19,20). The summed E-state index contributed by atoms with van der Waals surface area (Å²) in [7, 11) is 0. The molecule has 2 aromatic rings. The minimum Gasteiger partial charge on any atom is -0.480 e. The second-order valence-electron chi connectivity index (χ2n) is 5.63. The van der Waals surface area contributed by atoms with E-state index in [9.17, 15) is 9.90 Å². The number of nitrogens with one attached hydrogen (secondary N) is 1. The maximum Gasteiger partial charge on any atom is 0.329 e. The molecule has 1 aliphatic carbocycles. The number of carboxylic acids is 1. The Morgan fingerprint density at radius 3 is 2.40 bits per heavy atom. The molecule has 0 amide bonds. The van der Waals surface area contributed by atoms with Crippen LogP contribution in [-0.4, -0.2) is 16.6 Å². The van der Waals surface area contributed by atoms with E-state index in [4.69, 9.17) is 0 Å². The number of aliphatic carboxylic acids is 1. The summed E-state index contributed by atoms with van der Waals surface area (Å²) >= 11 is 0. The van der Waals surface area contributed by atoms with Crippen molar-refractivity contribution in [3.8, 4) is 0 Å². The fourth-order valence-electron chi connectivity index (χ4n) is 3.09. The summed E-state index contributed by atoms with van der Waals surface area (Å²) in [5.74, 6) is -0.731. The van der Waals surface area contributed by atoms with Gasteiger partial charge in [0.25, 0.3) is 0 Å². The largest absolute Gasteiger partial charge is 0.480 e. The Kier molecular flexibility index (Phi) is 3.35. The Morgan fingerprint density at radius 1 is 1.00 bits per heavy atom. The molecule has 0 unspecified atom stereocenters. The van der Waals surface area contributed by atoms with Gasteiger partial charge in [-0.05, 0) is 35.7 Å². The van der Waals surface area contributed by atoms with Crippen molar-refractivity contribution in [2.75, 3.05) is 5.32 Å². The lowest BCUT2D eigenvalue weighted by molar-refractivity contribution is -0.143. The highest BCUT2D eigenvalue weighted by atomic mass is 16.4. The van der Waals surface area contributed by atoms with Gasteiger partial charge in [0, 0.05) is 5.69 Å². The zero-order valence-corrected chi connectivity index (χ0v) is 11.4. The van der Waals surface area contributed by atoms with E-state index in [1.807, 2.05) is 30.3 Å². The van der Waals surface area contributed by atoms with E-state index in [-0.39, 0.29) is 0 Å². The molecular weight excluding hydrogens is 250 g/mol. The molecule has 0 heterocycles. The number of carboxylic acid groups (broad SMARTS) is 1. The number of hydrogen-bond acceptors (Lipinski definition) is 2. The Bertz CT molecular complexity index is 630. The zero-order valence-electron chi connectivity index (χ0n) is 11.4. The third-order valence-electron chi connectivity index (χ3n) is 4.25. The minimum atomic E-state index is -0.791. The molecule has 2 aromatic carbocycles. The Balaban J connectivity index is 1.92. The summed E-state index contributed by atoms with van der Waals surface area (Å²) in [6.07, 6.45) is 4.50. The molecule has 3 rings (SSSR count). The van der Waals surface area contributed by atoms with Crippen molar-refractivity contribution < 1.29 is 9.90 Å².